The van der Waals surface area contributed by atoms with Crippen molar-refractivity contribution in [1.82, 2.24) is 9.78 Å². The second kappa shape index (κ2) is 4.92. The summed E-state index contributed by atoms with van der Waals surface area (Å²) in [6, 6.07) is 7.94. The van der Waals surface area contributed by atoms with Crippen LogP contribution in [-0.4, -0.2) is 9.78 Å². The topological polar surface area (TPSA) is 37.8 Å². The molecule has 0 aliphatic rings. The molecule has 0 aliphatic heterocycles. The molecular weight excluding hydrogens is 280 g/mol. The van der Waals surface area contributed by atoms with Crippen LogP contribution in [0.2, 0.25) is 0 Å². The summed E-state index contributed by atoms with van der Waals surface area (Å²) < 4.78 is 2.69. The highest BCUT2D eigenvalue weighted by Gasteiger charge is 2.09. The third-order valence-corrected chi connectivity index (χ3v) is 3.67. The molecule has 0 fully saturated rings. The predicted octanol–water partition coefficient (Wildman–Crippen LogP) is 2.86. The van der Waals surface area contributed by atoms with Crippen LogP contribution in [0.15, 0.2) is 33.5 Å². The van der Waals surface area contributed by atoms with Gasteiger partial charge >= 0.3 is 0 Å². The fourth-order valence-corrected chi connectivity index (χ4v) is 2.38. The first-order valence-electron chi connectivity index (χ1n) is 5.65. The van der Waals surface area contributed by atoms with Crippen LogP contribution in [0.4, 0.5) is 0 Å². The van der Waals surface area contributed by atoms with Gasteiger partial charge in [-0.15, -0.1) is 0 Å². The number of nitrogens with one attached hydrogen (secondary N) is 1. The van der Waals surface area contributed by atoms with Crippen LogP contribution < -0.4 is 5.56 Å². The summed E-state index contributed by atoms with van der Waals surface area (Å²) >= 11 is 3.49. The van der Waals surface area contributed by atoms with E-state index in [9.17, 15) is 4.79 Å². The van der Waals surface area contributed by atoms with Gasteiger partial charge in [0.1, 0.15) is 0 Å². The van der Waals surface area contributed by atoms with Crippen LogP contribution in [-0.2, 0) is 13.0 Å². The number of rotatable bonds is 3. The van der Waals surface area contributed by atoms with Gasteiger partial charge < -0.3 is 0 Å². The zero-order valence-corrected chi connectivity index (χ0v) is 11.5. The fourth-order valence-electron chi connectivity index (χ4n) is 1.97. The van der Waals surface area contributed by atoms with E-state index >= 15 is 0 Å². The Morgan fingerprint density at radius 3 is 2.65 bits per heavy atom. The minimum absolute atomic E-state index is 0.0840. The molecule has 1 aromatic carbocycles. The first-order valence-corrected chi connectivity index (χ1v) is 6.44. The molecule has 0 spiro atoms. The van der Waals surface area contributed by atoms with Gasteiger partial charge in [-0.2, -0.15) is 0 Å². The van der Waals surface area contributed by atoms with Gasteiger partial charge in [-0.1, -0.05) is 41.1 Å². The number of H-pyrrole nitrogens is 1. The maximum atomic E-state index is 12.1. The zero-order chi connectivity index (χ0) is 12.4. The molecular formula is C13H15BrN2O. The van der Waals surface area contributed by atoms with E-state index < -0.39 is 0 Å². The first-order chi connectivity index (χ1) is 8.13. The monoisotopic (exact) mass is 294 g/mol. The number of halogens is 1. The number of hydrogen-bond acceptors (Lipinski definition) is 1. The van der Waals surface area contributed by atoms with Crippen LogP contribution >= 0.6 is 15.9 Å². The minimum atomic E-state index is 0.0840. The van der Waals surface area contributed by atoms with E-state index in [1.165, 1.54) is 0 Å². The molecule has 0 bridgehead atoms. The van der Waals surface area contributed by atoms with E-state index in [1.54, 1.807) is 4.68 Å². The van der Waals surface area contributed by atoms with Crippen molar-refractivity contribution in [3.05, 3.63) is 55.9 Å². The molecule has 0 saturated heterocycles. The van der Waals surface area contributed by atoms with Gasteiger partial charge in [0.05, 0.1) is 6.54 Å². The van der Waals surface area contributed by atoms with Crippen molar-refractivity contribution in [2.75, 3.05) is 0 Å². The third-order valence-electron chi connectivity index (χ3n) is 2.90. The Balaban J connectivity index is 2.38. The predicted molar refractivity (Wildman–Crippen MR) is 72.4 cm³/mol. The smallest absolute Gasteiger partial charge is 0.270 e. The largest absolute Gasteiger partial charge is 0.299 e. The average molecular weight is 295 g/mol. The Morgan fingerprint density at radius 2 is 2.06 bits per heavy atom. The van der Waals surface area contributed by atoms with E-state index in [1.807, 2.05) is 38.1 Å². The summed E-state index contributed by atoms with van der Waals surface area (Å²) in [6.45, 7) is 4.51. The second-order valence-corrected chi connectivity index (χ2v) is 4.91. The summed E-state index contributed by atoms with van der Waals surface area (Å²) in [6.07, 6.45) is 0.768. The van der Waals surface area contributed by atoms with Crippen molar-refractivity contribution in [2.24, 2.45) is 0 Å². The number of aromatic nitrogens is 2. The molecule has 0 amide bonds. The highest BCUT2D eigenvalue weighted by Crippen LogP contribution is 2.16. The van der Waals surface area contributed by atoms with Crippen molar-refractivity contribution in [3.63, 3.8) is 0 Å². The Morgan fingerprint density at radius 1 is 1.35 bits per heavy atom. The number of benzene rings is 1. The number of aromatic amines is 1. The number of hydrogen-bond donors (Lipinski definition) is 1. The van der Waals surface area contributed by atoms with E-state index in [4.69, 9.17) is 0 Å². The summed E-state index contributed by atoms with van der Waals surface area (Å²) in [5, 5.41) is 3.12. The van der Waals surface area contributed by atoms with Crippen LogP contribution in [0.1, 0.15) is 23.7 Å². The Kier molecular flexibility index (Phi) is 3.52. The Labute approximate surface area is 109 Å². The Bertz CT molecular complexity index is 583. The molecule has 0 saturated carbocycles. The lowest BCUT2D eigenvalue weighted by Gasteiger charge is -2.04. The van der Waals surface area contributed by atoms with Crippen LogP contribution in [0, 0.1) is 6.92 Å². The van der Waals surface area contributed by atoms with Crippen molar-refractivity contribution in [2.45, 2.75) is 26.8 Å². The van der Waals surface area contributed by atoms with Crippen molar-refractivity contribution in [1.29, 1.82) is 0 Å². The van der Waals surface area contributed by atoms with Gasteiger partial charge in [0.15, 0.2) is 0 Å². The molecule has 1 aromatic heterocycles. The van der Waals surface area contributed by atoms with E-state index in [2.05, 4.69) is 21.0 Å². The van der Waals surface area contributed by atoms with Crippen molar-refractivity contribution in [3.8, 4) is 0 Å². The van der Waals surface area contributed by atoms with E-state index in [-0.39, 0.29) is 5.56 Å². The molecule has 0 aliphatic carbocycles. The highest BCUT2D eigenvalue weighted by molar-refractivity contribution is 9.10. The van der Waals surface area contributed by atoms with Crippen molar-refractivity contribution < 1.29 is 0 Å². The normalized spacial score (nSPS) is 10.8. The third kappa shape index (κ3) is 2.36. The zero-order valence-electron chi connectivity index (χ0n) is 9.96. The van der Waals surface area contributed by atoms with Gasteiger partial charge in [0, 0.05) is 15.7 Å². The molecule has 0 atom stereocenters. The van der Waals surface area contributed by atoms with Crippen LogP contribution in [0.3, 0.4) is 0 Å². The Hall–Kier alpha value is -1.29. The summed E-state index contributed by atoms with van der Waals surface area (Å²) in [5.74, 6) is 0. The molecule has 17 heavy (non-hydrogen) atoms. The van der Waals surface area contributed by atoms with Crippen LogP contribution in [0.5, 0.6) is 0 Å². The lowest BCUT2D eigenvalue weighted by Crippen LogP contribution is -2.19. The molecule has 1 N–H and O–H groups in total. The van der Waals surface area contributed by atoms with E-state index in [0.29, 0.717) is 6.54 Å². The summed E-state index contributed by atoms with van der Waals surface area (Å²) in [5.41, 5.74) is 3.01. The fraction of sp³-hybridized carbons (Fsp3) is 0.308. The molecule has 1 heterocycles. The summed E-state index contributed by atoms with van der Waals surface area (Å²) in [7, 11) is 0. The molecule has 0 radical (unpaired) electrons. The van der Waals surface area contributed by atoms with Gasteiger partial charge in [0.2, 0.25) is 0 Å². The lowest BCUT2D eigenvalue weighted by molar-refractivity contribution is 0.655. The lowest BCUT2D eigenvalue weighted by atomic mass is 10.2. The standard InChI is InChI=1S/C13H15BrN2O/c1-3-11-9(2)15-16(13(11)17)8-10-6-4-5-7-12(10)14/h4-7,15H,3,8H2,1-2H3. The quantitative estimate of drug-likeness (QED) is 0.929. The van der Waals surface area contributed by atoms with Gasteiger partial charge in [-0.3, -0.25) is 9.89 Å². The van der Waals surface area contributed by atoms with Crippen molar-refractivity contribution >= 4 is 15.9 Å². The molecule has 2 rings (SSSR count). The SMILES string of the molecule is CCc1c(C)[nH]n(Cc2ccccc2Br)c1=O. The number of aryl methyl sites for hydroxylation is 1. The molecule has 4 heteroatoms. The highest BCUT2D eigenvalue weighted by atomic mass is 79.9. The van der Waals surface area contributed by atoms with Gasteiger partial charge in [-0.25, -0.2) is 4.68 Å². The van der Waals surface area contributed by atoms with Gasteiger partial charge in [0.25, 0.3) is 5.56 Å². The van der Waals surface area contributed by atoms with Crippen LogP contribution in [0.25, 0.3) is 0 Å². The number of nitrogens with zero attached hydrogens (tertiary/aromatic N) is 1. The maximum Gasteiger partial charge on any atom is 0.270 e. The molecule has 0 unspecified atom stereocenters. The first kappa shape index (κ1) is 12.2. The molecule has 2 aromatic rings. The van der Waals surface area contributed by atoms with E-state index in [0.717, 1.165) is 27.7 Å². The maximum absolute atomic E-state index is 12.1. The molecule has 3 nitrogen and oxygen atoms in total. The second-order valence-electron chi connectivity index (χ2n) is 4.05. The average Bonchev–Trinajstić information content (AvgIpc) is 2.57. The summed E-state index contributed by atoms with van der Waals surface area (Å²) in [4.78, 5) is 12.1. The molecule has 90 valence electrons. The van der Waals surface area contributed by atoms with Gasteiger partial charge in [-0.05, 0) is 25.0 Å². The minimum Gasteiger partial charge on any atom is -0.299 e.